The molecular formula is C14H21NO2. The van der Waals surface area contributed by atoms with Gasteiger partial charge in [-0.2, -0.15) is 0 Å². The van der Waals surface area contributed by atoms with Gasteiger partial charge in [0, 0.05) is 6.54 Å². The Balaban J connectivity index is 2.85. The van der Waals surface area contributed by atoms with Gasteiger partial charge in [0.25, 0.3) is 0 Å². The van der Waals surface area contributed by atoms with E-state index in [1.54, 1.807) is 6.07 Å². The normalized spacial score (nSPS) is 11.3. The maximum absolute atomic E-state index is 12.0. The van der Waals surface area contributed by atoms with Crippen LogP contribution in [0.2, 0.25) is 0 Å². The zero-order valence-electron chi connectivity index (χ0n) is 11.0. The lowest BCUT2D eigenvalue weighted by Crippen LogP contribution is -2.25. The van der Waals surface area contributed by atoms with Crippen molar-refractivity contribution in [2.24, 2.45) is 0 Å². The first kappa shape index (κ1) is 13.7. The van der Waals surface area contributed by atoms with E-state index >= 15 is 0 Å². The van der Waals surface area contributed by atoms with Crippen LogP contribution in [0.4, 0.5) is 0 Å². The van der Waals surface area contributed by atoms with E-state index in [1.807, 2.05) is 45.9 Å². The number of esters is 1. The van der Waals surface area contributed by atoms with Gasteiger partial charge in [-0.05, 0) is 38.9 Å². The quantitative estimate of drug-likeness (QED) is 0.815. The van der Waals surface area contributed by atoms with Crippen LogP contribution >= 0.6 is 0 Å². The van der Waals surface area contributed by atoms with Gasteiger partial charge in [-0.1, -0.05) is 25.1 Å². The summed E-state index contributed by atoms with van der Waals surface area (Å²) in [7, 11) is 0. The number of carbonyl (C=O) groups excluding carboxylic acids is 1. The van der Waals surface area contributed by atoms with E-state index in [9.17, 15) is 4.79 Å². The molecule has 3 heteroatoms. The summed E-state index contributed by atoms with van der Waals surface area (Å²) in [6.07, 6.45) is 0. The number of nitrogens with one attached hydrogen (secondary N) is 1. The highest BCUT2D eigenvalue weighted by Crippen LogP contribution is 2.15. The molecule has 17 heavy (non-hydrogen) atoms. The third-order valence-electron chi connectivity index (χ3n) is 2.20. The van der Waals surface area contributed by atoms with Gasteiger partial charge in [-0.3, -0.25) is 0 Å². The Labute approximate surface area is 103 Å². The Hall–Kier alpha value is -1.35. The summed E-state index contributed by atoms with van der Waals surface area (Å²) in [5.74, 6) is -0.258. The molecule has 0 aromatic heterocycles. The van der Waals surface area contributed by atoms with Crippen molar-refractivity contribution in [3.63, 3.8) is 0 Å². The Kier molecular flexibility index (Phi) is 4.70. The van der Waals surface area contributed by atoms with Gasteiger partial charge in [0.15, 0.2) is 0 Å². The number of hydrogen-bond donors (Lipinski definition) is 1. The van der Waals surface area contributed by atoms with Gasteiger partial charge in [0.05, 0.1) is 5.56 Å². The van der Waals surface area contributed by atoms with Crippen LogP contribution < -0.4 is 5.32 Å². The number of benzene rings is 1. The van der Waals surface area contributed by atoms with E-state index in [-0.39, 0.29) is 5.97 Å². The Morgan fingerprint density at radius 2 is 1.94 bits per heavy atom. The highest BCUT2D eigenvalue weighted by Gasteiger charge is 2.19. The minimum Gasteiger partial charge on any atom is -0.456 e. The van der Waals surface area contributed by atoms with E-state index in [0.29, 0.717) is 12.1 Å². The van der Waals surface area contributed by atoms with Crippen LogP contribution in [-0.2, 0) is 11.3 Å². The SMILES string of the molecule is CCNCc1ccccc1C(=O)OC(C)(C)C. The first-order valence-electron chi connectivity index (χ1n) is 5.96. The van der Waals surface area contributed by atoms with Crippen molar-refractivity contribution in [3.8, 4) is 0 Å². The van der Waals surface area contributed by atoms with E-state index in [4.69, 9.17) is 4.74 Å². The number of hydrogen-bond acceptors (Lipinski definition) is 3. The topological polar surface area (TPSA) is 38.3 Å². The van der Waals surface area contributed by atoms with Crippen LogP contribution in [0.3, 0.4) is 0 Å². The van der Waals surface area contributed by atoms with Gasteiger partial charge in [-0.15, -0.1) is 0 Å². The summed E-state index contributed by atoms with van der Waals surface area (Å²) >= 11 is 0. The van der Waals surface area contributed by atoms with Crippen molar-refractivity contribution in [2.75, 3.05) is 6.54 Å². The third-order valence-corrected chi connectivity index (χ3v) is 2.20. The monoisotopic (exact) mass is 235 g/mol. The zero-order chi connectivity index (χ0) is 12.9. The van der Waals surface area contributed by atoms with Crippen LogP contribution in [0.15, 0.2) is 24.3 Å². The summed E-state index contributed by atoms with van der Waals surface area (Å²) in [4.78, 5) is 12.0. The number of carbonyl (C=O) groups is 1. The second-order valence-corrected chi connectivity index (χ2v) is 4.94. The average Bonchev–Trinajstić information content (AvgIpc) is 2.24. The number of ether oxygens (including phenoxy) is 1. The fourth-order valence-electron chi connectivity index (χ4n) is 1.47. The summed E-state index contributed by atoms with van der Waals surface area (Å²) < 4.78 is 5.38. The largest absolute Gasteiger partial charge is 0.456 e. The molecule has 0 radical (unpaired) electrons. The van der Waals surface area contributed by atoms with E-state index in [0.717, 1.165) is 12.1 Å². The molecule has 0 aliphatic carbocycles. The summed E-state index contributed by atoms with van der Waals surface area (Å²) in [5.41, 5.74) is 1.16. The molecule has 1 rings (SSSR count). The molecule has 0 heterocycles. The maximum atomic E-state index is 12.0. The minimum atomic E-state index is -0.456. The van der Waals surface area contributed by atoms with Gasteiger partial charge in [0.1, 0.15) is 5.60 Å². The molecule has 0 saturated heterocycles. The van der Waals surface area contributed by atoms with Crippen molar-refractivity contribution in [1.29, 1.82) is 0 Å². The van der Waals surface area contributed by atoms with E-state index < -0.39 is 5.60 Å². The first-order valence-corrected chi connectivity index (χ1v) is 5.96. The maximum Gasteiger partial charge on any atom is 0.338 e. The van der Waals surface area contributed by atoms with E-state index in [2.05, 4.69) is 5.32 Å². The molecule has 1 aromatic rings. The molecule has 0 saturated carbocycles. The molecule has 0 bridgehead atoms. The van der Waals surface area contributed by atoms with Gasteiger partial charge < -0.3 is 10.1 Å². The van der Waals surface area contributed by atoms with E-state index in [1.165, 1.54) is 0 Å². The molecule has 0 aliphatic heterocycles. The lowest BCUT2D eigenvalue weighted by Gasteiger charge is -2.20. The highest BCUT2D eigenvalue weighted by atomic mass is 16.6. The van der Waals surface area contributed by atoms with Gasteiger partial charge in [0.2, 0.25) is 0 Å². The molecule has 94 valence electrons. The molecule has 0 spiro atoms. The van der Waals surface area contributed by atoms with Gasteiger partial charge in [-0.25, -0.2) is 4.79 Å². The summed E-state index contributed by atoms with van der Waals surface area (Å²) in [6.45, 7) is 9.22. The second-order valence-electron chi connectivity index (χ2n) is 4.94. The average molecular weight is 235 g/mol. The van der Waals surface area contributed by atoms with Crippen LogP contribution in [0.25, 0.3) is 0 Å². The van der Waals surface area contributed by atoms with Crippen molar-refractivity contribution < 1.29 is 9.53 Å². The molecule has 0 atom stereocenters. The van der Waals surface area contributed by atoms with Crippen molar-refractivity contribution in [1.82, 2.24) is 5.32 Å². The van der Waals surface area contributed by atoms with Crippen LogP contribution in [0.5, 0.6) is 0 Å². The number of rotatable bonds is 4. The van der Waals surface area contributed by atoms with Crippen LogP contribution in [0, 0.1) is 0 Å². The smallest absolute Gasteiger partial charge is 0.338 e. The molecule has 0 aliphatic rings. The van der Waals surface area contributed by atoms with Crippen LogP contribution in [0.1, 0.15) is 43.6 Å². The predicted octanol–water partition coefficient (Wildman–Crippen LogP) is 2.75. The Morgan fingerprint density at radius 1 is 1.29 bits per heavy atom. The standard InChI is InChI=1S/C14H21NO2/c1-5-15-10-11-8-6-7-9-12(11)13(16)17-14(2,3)4/h6-9,15H,5,10H2,1-4H3. The van der Waals surface area contributed by atoms with Crippen molar-refractivity contribution in [2.45, 2.75) is 39.8 Å². The van der Waals surface area contributed by atoms with Crippen LogP contribution in [-0.4, -0.2) is 18.1 Å². The minimum absolute atomic E-state index is 0.258. The second kappa shape index (κ2) is 5.82. The fourth-order valence-corrected chi connectivity index (χ4v) is 1.47. The fraction of sp³-hybridized carbons (Fsp3) is 0.500. The first-order chi connectivity index (χ1) is 7.94. The van der Waals surface area contributed by atoms with Gasteiger partial charge >= 0.3 is 5.97 Å². The molecule has 1 N–H and O–H groups in total. The zero-order valence-corrected chi connectivity index (χ0v) is 11.0. The molecular weight excluding hydrogens is 214 g/mol. The third kappa shape index (κ3) is 4.57. The molecule has 1 aromatic carbocycles. The molecule has 0 fully saturated rings. The highest BCUT2D eigenvalue weighted by molar-refractivity contribution is 5.91. The summed E-state index contributed by atoms with van der Waals surface area (Å²) in [6, 6.07) is 7.54. The lowest BCUT2D eigenvalue weighted by molar-refractivity contribution is 0.00682. The molecule has 0 unspecified atom stereocenters. The predicted molar refractivity (Wildman–Crippen MR) is 69.0 cm³/mol. The van der Waals surface area contributed by atoms with Crippen molar-refractivity contribution >= 4 is 5.97 Å². The molecule has 3 nitrogen and oxygen atoms in total. The van der Waals surface area contributed by atoms with Crippen molar-refractivity contribution in [3.05, 3.63) is 35.4 Å². The Morgan fingerprint density at radius 3 is 2.53 bits per heavy atom. The lowest BCUT2D eigenvalue weighted by atomic mass is 10.1. The molecule has 0 amide bonds. The summed E-state index contributed by atoms with van der Waals surface area (Å²) in [5, 5.41) is 3.21. The Bertz CT molecular complexity index is 380.